The SMILES string of the molecule is CCCCCCc1c(Oc2ccccc2)cc([O-])cc1S(=O)(=O)O.[Na+]. The maximum atomic E-state index is 11.8. The Balaban J connectivity index is 0.00000312. The van der Waals surface area contributed by atoms with Crippen molar-refractivity contribution in [2.75, 3.05) is 0 Å². The maximum Gasteiger partial charge on any atom is 1.00 e. The molecule has 0 aliphatic heterocycles. The van der Waals surface area contributed by atoms with Crippen LogP contribution in [0.2, 0.25) is 0 Å². The summed E-state index contributed by atoms with van der Waals surface area (Å²) >= 11 is 0. The van der Waals surface area contributed by atoms with Gasteiger partial charge in [-0.1, -0.05) is 44.4 Å². The van der Waals surface area contributed by atoms with E-state index in [4.69, 9.17) is 4.74 Å². The van der Waals surface area contributed by atoms with Crippen LogP contribution in [0.4, 0.5) is 0 Å². The summed E-state index contributed by atoms with van der Waals surface area (Å²) in [6.07, 6.45) is 4.19. The van der Waals surface area contributed by atoms with Gasteiger partial charge in [0.15, 0.2) is 0 Å². The van der Waals surface area contributed by atoms with E-state index in [1.165, 1.54) is 6.07 Å². The smallest absolute Gasteiger partial charge is 0.872 e. The molecule has 0 saturated heterocycles. The average Bonchev–Trinajstić information content (AvgIpc) is 2.53. The number of hydrogen-bond donors (Lipinski definition) is 1. The van der Waals surface area contributed by atoms with Crippen LogP contribution in [0, 0.1) is 0 Å². The van der Waals surface area contributed by atoms with E-state index in [0.29, 0.717) is 17.7 Å². The predicted molar refractivity (Wildman–Crippen MR) is 90.1 cm³/mol. The molecule has 0 amide bonds. The fourth-order valence-corrected chi connectivity index (χ4v) is 3.29. The molecule has 0 spiro atoms. The van der Waals surface area contributed by atoms with Crippen LogP contribution < -0.4 is 39.4 Å². The monoisotopic (exact) mass is 372 g/mol. The Bertz CT molecular complexity index is 776. The Hall–Kier alpha value is -1.05. The first-order chi connectivity index (χ1) is 11.4. The van der Waals surface area contributed by atoms with Gasteiger partial charge in [0.25, 0.3) is 10.1 Å². The molecule has 7 heteroatoms. The first-order valence-electron chi connectivity index (χ1n) is 7.96. The molecule has 25 heavy (non-hydrogen) atoms. The molecule has 2 aromatic rings. The van der Waals surface area contributed by atoms with Gasteiger partial charge in [0.1, 0.15) is 16.4 Å². The summed E-state index contributed by atoms with van der Waals surface area (Å²) in [6.45, 7) is 2.08. The first kappa shape index (κ1) is 22.0. The molecule has 130 valence electrons. The van der Waals surface area contributed by atoms with Gasteiger partial charge in [0, 0.05) is 5.56 Å². The summed E-state index contributed by atoms with van der Waals surface area (Å²) in [5.41, 5.74) is 0.344. The molecule has 0 aliphatic rings. The topological polar surface area (TPSA) is 86.7 Å². The molecule has 0 heterocycles. The minimum atomic E-state index is -4.49. The van der Waals surface area contributed by atoms with E-state index < -0.39 is 15.9 Å². The summed E-state index contributed by atoms with van der Waals surface area (Å²) in [6, 6.07) is 11.0. The normalized spacial score (nSPS) is 11.0. The molecule has 0 saturated carbocycles. The Morgan fingerprint density at radius 3 is 2.36 bits per heavy atom. The van der Waals surface area contributed by atoms with Crippen molar-refractivity contribution in [2.24, 2.45) is 0 Å². The second kappa shape index (κ2) is 10.2. The van der Waals surface area contributed by atoms with Crippen molar-refractivity contribution < 1.29 is 52.4 Å². The number of para-hydroxylation sites is 1. The molecule has 0 aromatic heterocycles. The average molecular weight is 372 g/mol. The zero-order valence-electron chi connectivity index (χ0n) is 14.6. The van der Waals surface area contributed by atoms with Gasteiger partial charge >= 0.3 is 29.6 Å². The summed E-state index contributed by atoms with van der Waals surface area (Å²) < 4.78 is 38.5. The molecule has 0 aliphatic carbocycles. The van der Waals surface area contributed by atoms with Crippen LogP contribution in [-0.2, 0) is 16.5 Å². The number of hydrogen-bond acceptors (Lipinski definition) is 4. The van der Waals surface area contributed by atoms with Crippen LogP contribution in [-0.4, -0.2) is 13.0 Å². The Kier molecular flexibility index (Phi) is 8.96. The predicted octanol–water partition coefficient (Wildman–Crippen LogP) is 0.926. The summed E-state index contributed by atoms with van der Waals surface area (Å²) in [5, 5.41) is 11.8. The van der Waals surface area contributed by atoms with Crippen molar-refractivity contribution in [3.8, 4) is 17.2 Å². The van der Waals surface area contributed by atoms with Gasteiger partial charge in [0.2, 0.25) is 0 Å². The fraction of sp³-hybridized carbons (Fsp3) is 0.333. The van der Waals surface area contributed by atoms with Crippen LogP contribution in [0.3, 0.4) is 0 Å². The van der Waals surface area contributed by atoms with E-state index in [0.717, 1.165) is 31.7 Å². The Labute approximate surface area is 171 Å². The third-order valence-corrected chi connectivity index (χ3v) is 4.59. The minimum Gasteiger partial charge on any atom is -0.872 e. The number of ether oxygens (including phenoxy) is 1. The van der Waals surface area contributed by atoms with Gasteiger partial charge in [-0.15, -0.1) is 5.75 Å². The third kappa shape index (κ3) is 6.64. The molecular formula is C18H21NaO5S. The Morgan fingerprint density at radius 1 is 1.08 bits per heavy atom. The number of rotatable bonds is 8. The molecule has 1 N–H and O–H groups in total. The van der Waals surface area contributed by atoms with Crippen LogP contribution in [0.15, 0.2) is 47.4 Å². The standard InChI is InChI=1S/C18H22O5S.Na/c1-2-3-4-8-11-16-17(23-15-9-6-5-7-10-15)12-14(19)13-18(16)24(20,21)22;/h5-7,9-10,12-13,19H,2-4,8,11H2,1H3,(H,20,21,22);/q;+1/p-1. The summed E-state index contributed by atoms with van der Waals surface area (Å²) in [5.74, 6) is 0.155. The largest absolute Gasteiger partial charge is 1.00 e. The van der Waals surface area contributed by atoms with E-state index in [9.17, 15) is 18.1 Å². The second-order valence-corrected chi connectivity index (χ2v) is 6.99. The van der Waals surface area contributed by atoms with Crippen molar-refractivity contribution in [1.29, 1.82) is 0 Å². The molecule has 2 rings (SSSR count). The van der Waals surface area contributed by atoms with E-state index in [-0.39, 0.29) is 40.2 Å². The van der Waals surface area contributed by atoms with Crippen LogP contribution in [0.25, 0.3) is 0 Å². The molecule has 0 radical (unpaired) electrons. The number of unbranched alkanes of at least 4 members (excludes halogenated alkanes) is 3. The molecule has 2 aromatic carbocycles. The van der Waals surface area contributed by atoms with Crippen LogP contribution >= 0.6 is 0 Å². The van der Waals surface area contributed by atoms with Gasteiger partial charge < -0.3 is 9.84 Å². The van der Waals surface area contributed by atoms with Crippen molar-refractivity contribution in [3.05, 3.63) is 48.0 Å². The van der Waals surface area contributed by atoms with E-state index in [2.05, 4.69) is 6.92 Å². The van der Waals surface area contributed by atoms with E-state index in [1.807, 2.05) is 6.07 Å². The van der Waals surface area contributed by atoms with Gasteiger partial charge in [-0.2, -0.15) is 8.42 Å². The van der Waals surface area contributed by atoms with E-state index >= 15 is 0 Å². The summed E-state index contributed by atoms with van der Waals surface area (Å²) in [4.78, 5) is -0.363. The van der Waals surface area contributed by atoms with Crippen LogP contribution in [0.1, 0.15) is 38.2 Å². The molecule has 0 atom stereocenters. The van der Waals surface area contributed by atoms with Crippen molar-refractivity contribution in [2.45, 2.75) is 43.9 Å². The molecule has 0 fully saturated rings. The Morgan fingerprint density at radius 2 is 1.76 bits per heavy atom. The van der Waals surface area contributed by atoms with E-state index in [1.54, 1.807) is 24.3 Å². The molecule has 0 bridgehead atoms. The van der Waals surface area contributed by atoms with Gasteiger partial charge in [-0.05, 0) is 37.1 Å². The van der Waals surface area contributed by atoms with Gasteiger partial charge in [0.05, 0.1) is 0 Å². The molecular weight excluding hydrogens is 351 g/mol. The molecule has 5 nitrogen and oxygen atoms in total. The number of benzene rings is 2. The van der Waals surface area contributed by atoms with Crippen molar-refractivity contribution in [1.82, 2.24) is 0 Å². The van der Waals surface area contributed by atoms with Crippen molar-refractivity contribution in [3.63, 3.8) is 0 Å². The fourth-order valence-electron chi connectivity index (χ4n) is 2.51. The minimum absolute atomic E-state index is 0. The van der Waals surface area contributed by atoms with Gasteiger partial charge in [-0.3, -0.25) is 4.55 Å². The second-order valence-electron chi connectivity index (χ2n) is 5.60. The van der Waals surface area contributed by atoms with Crippen molar-refractivity contribution >= 4 is 10.1 Å². The zero-order valence-corrected chi connectivity index (χ0v) is 17.4. The first-order valence-corrected chi connectivity index (χ1v) is 9.40. The third-order valence-electron chi connectivity index (χ3n) is 3.67. The van der Waals surface area contributed by atoms with Crippen LogP contribution in [0.5, 0.6) is 17.2 Å². The zero-order chi connectivity index (χ0) is 17.6. The quantitative estimate of drug-likeness (QED) is 0.423. The molecule has 0 unspecified atom stereocenters. The van der Waals surface area contributed by atoms with Gasteiger partial charge in [-0.25, -0.2) is 0 Å². The maximum absolute atomic E-state index is 11.8. The summed E-state index contributed by atoms with van der Waals surface area (Å²) in [7, 11) is -4.49.